The van der Waals surface area contributed by atoms with E-state index in [-0.39, 0.29) is 5.41 Å². The zero-order valence-corrected chi connectivity index (χ0v) is 12.3. The predicted octanol–water partition coefficient (Wildman–Crippen LogP) is 4.18. The van der Waals surface area contributed by atoms with Gasteiger partial charge in [-0.25, -0.2) is 0 Å². The Morgan fingerprint density at radius 1 is 1.24 bits per heavy atom. The van der Waals surface area contributed by atoms with E-state index >= 15 is 0 Å². The van der Waals surface area contributed by atoms with Gasteiger partial charge < -0.3 is 0 Å². The average Bonchev–Trinajstić information content (AvgIpc) is 2.31. The van der Waals surface area contributed by atoms with Crippen molar-refractivity contribution in [2.45, 2.75) is 40.3 Å². The fraction of sp³-hybridized carbons (Fsp3) is 0.533. The molecule has 0 aliphatic carbocycles. The Labute approximate surface area is 107 Å². The topological polar surface area (TPSA) is 17.1 Å². The lowest BCUT2D eigenvalue weighted by atomic mass is 9.86. The molecule has 0 N–H and O–H groups in total. The number of Topliss-reactive ketones (excluding diaryl/α,β-unsaturated/α-hetero) is 1. The van der Waals surface area contributed by atoms with Gasteiger partial charge in [-0.3, -0.25) is 4.79 Å². The number of aryl methyl sites for hydroxylation is 1. The number of hydrogen-bond acceptors (Lipinski definition) is 1. The first-order chi connectivity index (χ1) is 7.95. The lowest BCUT2D eigenvalue weighted by Gasteiger charge is -2.20. The first-order valence-corrected chi connectivity index (χ1v) is 7.66. The highest BCUT2D eigenvalue weighted by Gasteiger charge is 2.24. The summed E-state index contributed by atoms with van der Waals surface area (Å²) in [5, 5.41) is 0. The van der Waals surface area contributed by atoms with Gasteiger partial charge in [0.2, 0.25) is 0 Å². The molecule has 1 atom stereocenters. The highest BCUT2D eigenvalue weighted by Crippen LogP contribution is 2.27. The van der Waals surface area contributed by atoms with E-state index in [1.54, 1.807) is 0 Å². The molecule has 1 unspecified atom stereocenters. The minimum absolute atomic E-state index is 0.139. The first-order valence-electron chi connectivity index (χ1n) is 6.25. The van der Waals surface area contributed by atoms with Gasteiger partial charge in [-0.15, -0.1) is 8.58 Å². The van der Waals surface area contributed by atoms with Crippen LogP contribution in [0, 0.1) is 12.3 Å². The van der Waals surface area contributed by atoms with Gasteiger partial charge in [-0.05, 0) is 25.1 Å². The molecule has 1 aromatic rings. The molecule has 0 bridgehead atoms. The molecule has 1 rings (SSSR count). The van der Waals surface area contributed by atoms with Crippen molar-refractivity contribution < 1.29 is 4.79 Å². The Morgan fingerprint density at radius 2 is 1.82 bits per heavy atom. The molecule has 0 fully saturated rings. The van der Waals surface area contributed by atoms with Gasteiger partial charge in [-0.1, -0.05) is 50.6 Å². The van der Waals surface area contributed by atoms with E-state index in [0.29, 0.717) is 14.4 Å². The Balaban J connectivity index is 2.38. The van der Waals surface area contributed by atoms with Crippen LogP contribution in [0.25, 0.3) is 0 Å². The summed E-state index contributed by atoms with van der Waals surface area (Å²) < 4.78 is 0. The molecule has 0 amide bonds. The lowest BCUT2D eigenvalue weighted by molar-refractivity contribution is -0.124. The second-order valence-corrected chi connectivity index (χ2v) is 6.46. The summed E-state index contributed by atoms with van der Waals surface area (Å²) in [7, 11) is 0.714. The summed E-state index contributed by atoms with van der Waals surface area (Å²) in [6, 6.07) is 8.60. The third-order valence-electron chi connectivity index (χ3n) is 3.37. The van der Waals surface area contributed by atoms with Gasteiger partial charge in [0, 0.05) is 11.6 Å². The van der Waals surface area contributed by atoms with Crippen molar-refractivity contribution in [3.63, 3.8) is 0 Å². The molecule has 0 saturated carbocycles. The predicted molar refractivity (Wildman–Crippen MR) is 77.1 cm³/mol. The van der Waals surface area contributed by atoms with E-state index in [1.165, 1.54) is 11.1 Å². The smallest absolute Gasteiger partial charge is 0.142 e. The zero-order chi connectivity index (χ0) is 12.9. The van der Waals surface area contributed by atoms with Gasteiger partial charge in [0.05, 0.1) is 0 Å². The van der Waals surface area contributed by atoms with Crippen LogP contribution in [0.2, 0.25) is 0 Å². The highest BCUT2D eigenvalue weighted by molar-refractivity contribution is 7.38. The van der Waals surface area contributed by atoms with Crippen LogP contribution in [0.4, 0.5) is 0 Å². The molecule has 17 heavy (non-hydrogen) atoms. The molecule has 0 aliphatic rings. The first kappa shape index (κ1) is 14.4. The molecule has 94 valence electrons. The molecule has 0 saturated heterocycles. The number of benzene rings is 1. The van der Waals surface area contributed by atoms with Crippen LogP contribution in [0.5, 0.6) is 0 Å². The lowest BCUT2D eigenvalue weighted by Crippen LogP contribution is -2.24. The van der Waals surface area contributed by atoms with Crippen LogP contribution < -0.4 is 0 Å². The van der Waals surface area contributed by atoms with E-state index in [4.69, 9.17) is 0 Å². The van der Waals surface area contributed by atoms with Crippen molar-refractivity contribution in [3.8, 4) is 0 Å². The van der Waals surface area contributed by atoms with Gasteiger partial charge in [0.15, 0.2) is 0 Å². The van der Waals surface area contributed by atoms with Gasteiger partial charge in [0.1, 0.15) is 5.78 Å². The van der Waals surface area contributed by atoms with E-state index in [2.05, 4.69) is 38.1 Å². The SMILES string of the molecule is CCC(C)(C)C(=O)CPCc1ccc(C)cc1. The fourth-order valence-electron chi connectivity index (χ4n) is 1.46. The van der Waals surface area contributed by atoms with Crippen molar-refractivity contribution in [3.05, 3.63) is 35.4 Å². The average molecular weight is 250 g/mol. The second-order valence-electron chi connectivity index (χ2n) is 5.25. The number of rotatable bonds is 6. The van der Waals surface area contributed by atoms with Crippen LogP contribution in [0.3, 0.4) is 0 Å². The van der Waals surface area contributed by atoms with Crippen LogP contribution in [-0.4, -0.2) is 11.9 Å². The minimum atomic E-state index is -0.139. The maximum Gasteiger partial charge on any atom is 0.142 e. The summed E-state index contributed by atoms with van der Waals surface area (Å²) in [6.07, 6.45) is 2.70. The monoisotopic (exact) mass is 250 g/mol. The normalized spacial score (nSPS) is 12.2. The van der Waals surface area contributed by atoms with E-state index in [1.807, 2.05) is 13.8 Å². The summed E-state index contributed by atoms with van der Waals surface area (Å²) in [6.45, 7) is 8.28. The molecule has 0 aliphatic heterocycles. The summed E-state index contributed by atoms with van der Waals surface area (Å²) in [5.74, 6) is 0.408. The summed E-state index contributed by atoms with van der Waals surface area (Å²) in [4.78, 5) is 11.9. The van der Waals surface area contributed by atoms with Crippen molar-refractivity contribution in [1.82, 2.24) is 0 Å². The van der Waals surface area contributed by atoms with Crippen LogP contribution in [0.1, 0.15) is 38.3 Å². The number of hydrogen-bond donors (Lipinski definition) is 0. The molecular formula is C15H23OP. The maximum atomic E-state index is 11.9. The molecule has 0 radical (unpaired) electrons. The largest absolute Gasteiger partial charge is 0.299 e. The molecule has 1 nitrogen and oxygen atoms in total. The quantitative estimate of drug-likeness (QED) is 0.692. The number of ketones is 1. The molecule has 0 heterocycles. The van der Waals surface area contributed by atoms with Crippen LogP contribution in [-0.2, 0) is 11.0 Å². The molecular weight excluding hydrogens is 227 g/mol. The maximum absolute atomic E-state index is 11.9. The fourth-order valence-corrected chi connectivity index (χ4v) is 2.82. The number of carbonyl (C=O) groups excluding carboxylic acids is 1. The third-order valence-corrected chi connectivity index (χ3v) is 4.60. The van der Waals surface area contributed by atoms with Gasteiger partial charge in [-0.2, -0.15) is 0 Å². The van der Waals surface area contributed by atoms with Crippen molar-refractivity contribution in [1.29, 1.82) is 0 Å². The van der Waals surface area contributed by atoms with E-state index in [9.17, 15) is 4.79 Å². The van der Waals surface area contributed by atoms with Gasteiger partial charge >= 0.3 is 0 Å². The highest BCUT2D eigenvalue weighted by atomic mass is 31.1. The van der Waals surface area contributed by atoms with Gasteiger partial charge in [0.25, 0.3) is 0 Å². The molecule has 0 spiro atoms. The second kappa shape index (κ2) is 6.31. The summed E-state index contributed by atoms with van der Waals surface area (Å²) in [5.41, 5.74) is 2.50. The van der Waals surface area contributed by atoms with Crippen LogP contribution in [0.15, 0.2) is 24.3 Å². The Bertz CT molecular complexity index is 365. The van der Waals surface area contributed by atoms with Crippen molar-refractivity contribution >= 4 is 14.4 Å². The van der Waals surface area contributed by atoms with E-state index < -0.39 is 0 Å². The minimum Gasteiger partial charge on any atom is -0.299 e. The zero-order valence-electron chi connectivity index (χ0n) is 11.3. The third kappa shape index (κ3) is 4.60. The number of carbonyl (C=O) groups is 1. The Kier molecular flexibility index (Phi) is 5.33. The van der Waals surface area contributed by atoms with E-state index in [0.717, 1.165) is 18.7 Å². The Morgan fingerprint density at radius 3 is 2.35 bits per heavy atom. The molecule has 1 aromatic carbocycles. The molecule has 2 heteroatoms. The molecule has 0 aromatic heterocycles. The summed E-state index contributed by atoms with van der Waals surface area (Å²) >= 11 is 0. The van der Waals surface area contributed by atoms with Crippen LogP contribution >= 0.6 is 8.58 Å². The van der Waals surface area contributed by atoms with Crippen molar-refractivity contribution in [2.75, 3.05) is 6.16 Å². The standard InChI is InChI=1S/C15H23OP/c1-5-15(3,4)14(16)11-17-10-13-8-6-12(2)7-9-13/h6-9,17H,5,10-11H2,1-4H3. The van der Waals surface area contributed by atoms with Crippen molar-refractivity contribution in [2.24, 2.45) is 5.41 Å². The Hall–Kier alpha value is -0.680.